The number of para-hydroxylation sites is 1. The summed E-state index contributed by atoms with van der Waals surface area (Å²) in [7, 11) is 3.69. The maximum absolute atomic E-state index is 13.3. The van der Waals surface area contributed by atoms with Gasteiger partial charge in [0.05, 0.1) is 12.8 Å². The molecule has 0 fully saturated rings. The molecule has 0 aliphatic carbocycles. The summed E-state index contributed by atoms with van der Waals surface area (Å²) >= 11 is 0. The highest BCUT2D eigenvalue weighted by atomic mass is 16.7. The number of ether oxygens (including phenoxy) is 3. The lowest BCUT2D eigenvalue weighted by molar-refractivity contribution is 0.0989. The number of carbonyl (C=O) groups excluding carboxylic acids is 1. The number of hydrogen-bond donors (Lipinski definition) is 0. The van der Waals surface area contributed by atoms with Crippen molar-refractivity contribution in [2.24, 2.45) is 0 Å². The molecule has 3 aromatic carbocycles. The summed E-state index contributed by atoms with van der Waals surface area (Å²) in [6, 6.07) is 17.3. The molecule has 0 saturated carbocycles. The molecule has 7 rings (SSSR count). The maximum atomic E-state index is 13.3. The minimum atomic E-state index is -0.263. The zero-order valence-corrected chi connectivity index (χ0v) is 21.1. The van der Waals surface area contributed by atoms with Gasteiger partial charge in [0.2, 0.25) is 12.5 Å². The predicted octanol–water partition coefficient (Wildman–Crippen LogP) is 3.18. The van der Waals surface area contributed by atoms with E-state index in [0.29, 0.717) is 35.2 Å². The number of aromatic nitrogens is 4. The van der Waals surface area contributed by atoms with Crippen LogP contribution >= 0.6 is 0 Å². The SMILES string of the molecule is COc1c2c(cc3c1[C@H](c1nnnn1-c1ccc(C(=O)N4CCc5ccccc54)cc1)N(C)CC3)OCO2. The fourth-order valence-electron chi connectivity index (χ4n) is 5.76. The molecule has 10 heteroatoms. The third-order valence-corrected chi connectivity index (χ3v) is 7.63. The molecule has 4 heterocycles. The maximum Gasteiger partial charge on any atom is 0.258 e. The van der Waals surface area contributed by atoms with Crippen LogP contribution in [0.3, 0.4) is 0 Å². The number of likely N-dealkylation sites (N-methyl/N-ethyl adjacent to an activating group) is 1. The first kappa shape index (κ1) is 22.7. The second-order valence-corrected chi connectivity index (χ2v) is 9.68. The van der Waals surface area contributed by atoms with Crippen LogP contribution in [-0.4, -0.2) is 65.1 Å². The Kier molecular flexibility index (Phi) is 5.29. The summed E-state index contributed by atoms with van der Waals surface area (Å²) in [5.41, 5.74) is 5.67. The van der Waals surface area contributed by atoms with Gasteiger partial charge in [0.1, 0.15) is 6.04 Å². The number of anilines is 1. The quantitative estimate of drug-likeness (QED) is 0.413. The molecular weight excluding hydrogens is 484 g/mol. The van der Waals surface area contributed by atoms with Gasteiger partial charge in [-0.2, -0.15) is 4.68 Å². The molecule has 4 aromatic rings. The third kappa shape index (κ3) is 3.44. The minimum Gasteiger partial charge on any atom is -0.492 e. The molecule has 0 saturated heterocycles. The Balaban J connectivity index is 1.24. The zero-order valence-electron chi connectivity index (χ0n) is 21.1. The number of tetrazole rings is 1. The number of carbonyl (C=O) groups is 1. The van der Waals surface area contributed by atoms with E-state index in [1.807, 2.05) is 60.5 Å². The van der Waals surface area contributed by atoms with Crippen LogP contribution in [0.5, 0.6) is 17.2 Å². The molecule has 38 heavy (non-hydrogen) atoms. The monoisotopic (exact) mass is 510 g/mol. The number of rotatable bonds is 4. The molecule has 1 aromatic heterocycles. The average molecular weight is 511 g/mol. The van der Waals surface area contributed by atoms with Gasteiger partial charge in [0.25, 0.3) is 5.91 Å². The van der Waals surface area contributed by atoms with Gasteiger partial charge in [-0.05, 0) is 77.8 Å². The first-order valence-corrected chi connectivity index (χ1v) is 12.6. The van der Waals surface area contributed by atoms with Gasteiger partial charge in [0, 0.05) is 29.9 Å². The summed E-state index contributed by atoms with van der Waals surface area (Å²) in [6.45, 7) is 1.67. The summed E-state index contributed by atoms with van der Waals surface area (Å²) < 4.78 is 19.0. The van der Waals surface area contributed by atoms with Gasteiger partial charge >= 0.3 is 0 Å². The smallest absolute Gasteiger partial charge is 0.258 e. The van der Waals surface area contributed by atoms with E-state index in [0.717, 1.165) is 41.9 Å². The molecule has 0 N–H and O–H groups in total. The van der Waals surface area contributed by atoms with Gasteiger partial charge in [-0.1, -0.05) is 18.2 Å². The van der Waals surface area contributed by atoms with Crippen LogP contribution in [0, 0.1) is 0 Å². The van der Waals surface area contributed by atoms with Gasteiger partial charge in [-0.3, -0.25) is 9.69 Å². The van der Waals surface area contributed by atoms with Crippen LogP contribution in [0.4, 0.5) is 5.69 Å². The van der Waals surface area contributed by atoms with Crippen molar-refractivity contribution < 1.29 is 19.0 Å². The Morgan fingerprint density at radius 3 is 2.68 bits per heavy atom. The Morgan fingerprint density at radius 2 is 1.84 bits per heavy atom. The Morgan fingerprint density at radius 1 is 1.03 bits per heavy atom. The van der Waals surface area contributed by atoms with E-state index in [4.69, 9.17) is 14.2 Å². The van der Waals surface area contributed by atoms with Crippen molar-refractivity contribution in [3.8, 4) is 22.9 Å². The van der Waals surface area contributed by atoms with Crippen molar-refractivity contribution >= 4 is 11.6 Å². The van der Waals surface area contributed by atoms with Crippen LogP contribution in [0.1, 0.15) is 38.9 Å². The van der Waals surface area contributed by atoms with E-state index in [-0.39, 0.29) is 18.7 Å². The number of hydrogen-bond acceptors (Lipinski definition) is 8. The highest BCUT2D eigenvalue weighted by Crippen LogP contribution is 2.50. The molecular formula is C28H26N6O4. The van der Waals surface area contributed by atoms with Crippen LogP contribution in [0.25, 0.3) is 5.69 Å². The van der Waals surface area contributed by atoms with Gasteiger partial charge in [-0.25, -0.2) is 0 Å². The van der Waals surface area contributed by atoms with Crippen molar-refractivity contribution in [2.45, 2.75) is 18.9 Å². The van der Waals surface area contributed by atoms with Crippen LogP contribution in [-0.2, 0) is 12.8 Å². The van der Waals surface area contributed by atoms with E-state index in [2.05, 4.69) is 26.5 Å². The lowest BCUT2D eigenvalue weighted by Crippen LogP contribution is -2.35. The topological polar surface area (TPSA) is 94.8 Å². The molecule has 3 aliphatic heterocycles. The second-order valence-electron chi connectivity index (χ2n) is 9.68. The van der Waals surface area contributed by atoms with E-state index < -0.39 is 0 Å². The van der Waals surface area contributed by atoms with Crippen molar-refractivity contribution in [3.05, 3.63) is 82.7 Å². The van der Waals surface area contributed by atoms with Crippen molar-refractivity contribution in [1.29, 1.82) is 0 Å². The lowest BCUT2D eigenvalue weighted by atomic mass is 9.90. The van der Waals surface area contributed by atoms with Gasteiger partial charge in [0.15, 0.2) is 17.3 Å². The molecule has 10 nitrogen and oxygen atoms in total. The van der Waals surface area contributed by atoms with Crippen molar-refractivity contribution in [2.75, 3.05) is 38.9 Å². The first-order chi connectivity index (χ1) is 18.6. The van der Waals surface area contributed by atoms with Crippen LogP contribution in [0.15, 0.2) is 54.6 Å². The largest absolute Gasteiger partial charge is 0.492 e. The van der Waals surface area contributed by atoms with Crippen molar-refractivity contribution in [3.63, 3.8) is 0 Å². The van der Waals surface area contributed by atoms with Gasteiger partial charge in [-0.15, -0.1) is 5.10 Å². The van der Waals surface area contributed by atoms with Gasteiger partial charge < -0.3 is 19.1 Å². The van der Waals surface area contributed by atoms with E-state index in [9.17, 15) is 4.79 Å². The summed E-state index contributed by atoms with van der Waals surface area (Å²) in [5, 5.41) is 12.8. The molecule has 192 valence electrons. The summed E-state index contributed by atoms with van der Waals surface area (Å²) in [4.78, 5) is 17.4. The van der Waals surface area contributed by atoms with E-state index >= 15 is 0 Å². The van der Waals surface area contributed by atoms with Crippen LogP contribution < -0.4 is 19.1 Å². The molecule has 1 atom stereocenters. The number of methoxy groups -OCH3 is 1. The standard InChI is InChI=1S/C28H26N6O4/c1-32-13-11-19-15-22-25(38-16-37-22)26(36-2)23(19)24(32)27-29-30-31-34(27)20-9-7-18(8-10-20)28(35)33-14-12-17-5-3-4-6-21(17)33/h3-10,15,24H,11-14,16H2,1-2H3/t24-/m1/s1. The average Bonchev–Trinajstić information content (AvgIpc) is 3.71. The highest BCUT2D eigenvalue weighted by Gasteiger charge is 2.38. The molecule has 3 aliphatic rings. The fourth-order valence-corrected chi connectivity index (χ4v) is 5.76. The Bertz CT molecular complexity index is 1550. The number of amides is 1. The second kappa shape index (κ2) is 8.84. The molecule has 0 radical (unpaired) electrons. The fraction of sp³-hybridized carbons (Fsp3) is 0.286. The summed E-state index contributed by atoms with van der Waals surface area (Å²) in [5.74, 6) is 2.59. The molecule has 0 unspecified atom stereocenters. The summed E-state index contributed by atoms with van der Waals surface area (Å²) in [6.07, 6.45) is 1.71. The number of benzene rings is 3. The molecule has 0 spiro atoms. The third-order valence-electron chi connectivity index (χ3n) is 7.63. The molecule has 1 amide bonds. The Hall–Kier alpha value is -4.44. The van der Waals surface area contributed by atoms with E-state index in [1.165, 1.54) is 5.56 Å². The molecule has 0 bridgehead atoms. The minimum absolute atomic E-state index is 0.0137. The van der Waals surface area contributed by atoms with Crippen molar-refractivity contribution in [1.82, 2.24) is 25.1 Å². The zero-order chi connectivity index (χ0) is 25.8. The van der Waals surface area contributed by atoms with E-state index in [1.54, 1.807) is 11.8 Å². The van der Waals surface area contributed by atoms with Crippen LogP contribution in [0.2, 0.25) is 0 Å². The lowest BCUT2D eigenvalue weighted by Gasteiger charge is -2.34. The number of fused-ring (bicyclic) bond motifs is 3. The highest BCUT2D eigenvalue weighted by molar-refractivity contribution is 6.07. The number of nitrogens with zero attached hydrogens (tertiary/aromatic N) is 6. The first-order valence-electron chi connectivity index (χ1n) is 12.6. The Labute approximate surface area is 219 Å². The predicted molar refractivity (Wildman–Crippen MR) is 138 cm³/mol. The normalized spacial score (nSPS) is 17.8.